The van der Waals surface area contributed by atoms with Gasteiger partial charge in [-0.15, -0.1) is 0 Å². The average molecular weight is 270 g/mol. The first-order valence-corrected chi connectivity index (χ1v) is 5.99. The van der Waals surface area contributed by atoms with Crippen LogP contribution in [0.4, 0.5) is 21.5 Å². The molecule has 0 aromatic heterocycles. The molecule has 0 saturated heterocycles. The van der Waals surface area contributed by atoms with E-state index in [1.165, 1.54) is 6.07 Å². The zero-order chi connectivity index (χ0) is 14.6. The molecule has 0 atom stereocenters. The summed E-state index contributed by atoms with van der Waals surface area (Å²) in [7, 11) is 3.84. The van der Waals surface area contributed by atoms with Gasteiger partial charge in [-0.1, -0.05) is 0 Å². The maximum absolute atomic E-state index is 14.0. The molecule has 7 heteroatoms. The van der Waals surface area contributed by atoms with Crippen LogP contribution >= 0.6 is 0 Å². The van der Waals surface area contributed by atoms with Crippen LogP contribution in [0.5, 0.6) is 0 Å². The second-order valence-corrected chi connectivity index (χ2v) is 4.51. The maximum Gasteiger partial charge on any atom is 0.274 e. The second-order valence-electron chi connectivity index (χ2n) is 4.51. The van der Waals surface area contributed by atoms with Crippen molar-refractivity contribution < 1.29 is 9.31 Å². The molecule has 0 unspecified atom stereocenters. The Hall–Kier alpha value is -1.89. The van der Waals surface area contributed by atoms with E-state index in [0.29, 0.717) is 13.1 Å². The lowest BCUT2D eigenvalue weighted by Gasteiger charge is -2.26. The van der Waals surface area contributed by atoms with Crippen LogP contribution in [0.2, 0.25) is 0 Å². The van der Waals surface area contributed by atoms with Crippen LogP contribution in [0.15, 0.2) is 12.1 Å². The highest BCUT2D eigenvalue weighted by Crippen LogP contribution is 2.31. The summed E-state index contributed by atoms with van der Waals surface area (Å²) in [5.41, 5.74) is 5.73. The van der Waals surface area contributed by atoms with Gasteiger partial charge in [-0.05, 0) is 21.0 Å². The summed E-state index contributed by atoms with van der Waals surface area (Å²) in [6.07, 6.45) is 0. The molecular weight excluding hydrogens is 251 g/mol. The number of benzene rings is 1. The van der Waals surface area contributed by atoms with E-state index in [9.17, 15) is 14.5 Å². The minimum Gasteiger partial charge on any atom is -0.397 e. The number of nitro benzene ring substituents is 1. The van der Waals surface area contributed by atoms with E-state index in [0.717, 1.165) is 12.6 Å². The standard InChI is InChI=1S/C12H19FN4O2/c1-4-16(6-5-15(2)3)12-10(13)7-9(17(18)19)8-11(12)14/h7-8H,4-6,14H2,1-3H3. The molecule has 0 amide bonds. The Morgan fingerprint density at radius 2 is 2.00 bits per heavy atom. The molecule has 6 nitrogen and oxygen atoms in total. The fourth-order valence-electron chi connectivity index (χ4n) is 1.79. The van der Waals surface area contributed by atoms with Crippen molar-refractivity contribution in [1.82, 2.24) is 4.90 Å². The Balaban J connectivity index is 3.07. The molecule has 1 rings (SSSR count). The lowest BCUT2D eigenvalue weighted by atomic mass is 10.2. The largest absolute Gasteiger partial charge is 0.397 e. The molecule has 0 aliphatic heterocycles. The number of halogens is 1. The van der Waals surface area contributed by atoms with Gasteiger partial charge in [0, 0.05) is 25.7 Å². The molecule has 2 N–H and O–H groups in total. The van der Waals surface area contributed by atoms with Crippen LogP contribution in [-0.2, 0) is 0 Å². The number of nitrogen functional groups attached to an aromatic ring is 1. The number of nitro groups is 1. The van der Waals surface area contributed by atoms with Gasteiger partial charge in [0.2, 0.25) is 0 Å². The van der Waals surface area contributed by atoms with Crippen LogP contribution in [0.3, 0.4) is 0 Å². The molecule has 106 valence electrons. The molecule has 0 spiro atoms. The fraction of sp³-hybridized carbons (Fsp3) is 0.500. The van der Waals surface area contributed by atoms with E-state index >= 15 is 0 Å². The minimum absolute atomic E-state index is 0.0901. The summed E-state index contributed by atoms with van der Waals surface area (Å²) in [6, 6.07) is 2.10. The molecule has 0 heterocycles. The normalized spacial score (nSPS) is 10.8. The van der Waals surface area contributed by atoms with Crippen molar-refractivity contribution in [3.05, 3.63) is 28.1 Å². The van der Waals surface area contributed by atoms with Crippen LogP contribution in [0.25, 0.3) is 0 Å². The topological polar surface area (TPSA) is 75.6 Å². The molecule has 0 fully saturated rings. The van der Waals surface area contributed by atoms with Gasteiger partial charge in [0.05, 0.1) is 22.4 Å². The van der Waals surface area contributed by atoms with E-state index in [2.05, 4.69) is 0 Å². The summed E-state index contributed by atoms with van der Waals surface area (Å²) in [6.45, 7) is 3.80. The van der Waals surface area contributed by atoms with Crippen molar-refractivity contribution in [1.29, 1.82) is 0 Å². The summed E-state index contributed by atoms with van der Waals surface area (Å²) >= 11 is 0. The quantitative estimate of drug-likeness (QED) is 0.484. The number of hydrogen-bond donors (Lipinski definition) is 1. The lowest BCUT2D eigenvalue weighted by molar-refractivity contribution is -0.385. The number of nitrogens with zero attached hydrogens (tertiary/aromatic N) is 3. The van der Waals surface area contributed by atoms with E-state index < -0.39 is 10.7 Å². The summed E-state index contributed by atoms with van der Waals surface area (Å²) in [4.78, 5) is 13.7. The zero-order valence-electron chi connectivity index (χ0n) is 11.4. The highest BCUT2D eigenvalue weighted by Gasteiger charge is 2.19. The Morgan fingerprint density at radius 3 is 2.42 bits per heavy atom. The van der Waals surface area contributed by atoms with Crippen molar-refractivity contribution in [3.8, 4) is 0 Å². The SMILES string of the molecule is CCN(CCN(C)C)c1c(N)cc([N+](=O)[O-])cc1F. The Bertz CT molecular complexity index is 442. The minimum atomic E-state index is -0.660. The van der Waals surface area contributed by atoms with Crippen molar-refractivity contribution in [2.45, 2.75) is 6.92 Å². The van der Waals surface area contributed by atoms with Crippen molar-refractivity contribution >= 4 is 17.1 Å². The van der Waals surface area contributed by atoms with Crippen LogP contribution in [0.1, 0.15) is 6.92 Å². The highest BCUT2D eigenvalue weighted by atomic mass is 19.1. The van der Waals surface area contributed by atoms with Gasteiger partial charge in [0.1, 0.15) is 0 Å². The Morgan fingerprint density at radius 1 is 1.37 bits per heavy atom. The highest BCUT2D eigenvalue weighted by molar-refractivity contribution is 5.71. The van der Waals surface area contributed by atoms with Gasteiger partial charge in [0.25, 0.3) is 5.69 Å². The number of hydrogen-bond acceptors (Lipinski definition) is 5. The molecule has 1 aromatic carbocycles. The number of likely N-dealkylation sites (N-methyl/N-ethyl adjacent to an activating group) is 2. The van der Waals surface area contributed by atoms with Gasteiger partial charge in [-0.2, -0.15) is 0 Å². The molecule has 0 bridgehead atoms. The van der Waals surface area contributed by atoms with Gasteiger partial charge in [0.15, 0.2) is 5.82 Å². The maximum atomic E-state index is 14.0. The second kappa shape index (κ2) is 6.33. The third kappa shape index (κ3) is 3.78. The van der Waals surface area contributed by atoms with Crippen molar-refractivity contribution in [2.24, 2.45) is 0 Å². The average Bonchev–Trinajstić information content (AvgIpc) is 2.31. The third-order valence-electron chi connectivity index (χ3n) is 2.80. The van der Waals surface area contributed by atoms with Gasteiger partial charge >= 0.3 is 0 Å². The van der Waals surface area contributed by atoms with Crippen LogP contribution in [-0.4, -0.2) is 43.6 Å². The molecule has 0 radical (unpaired) electrons. The zero-order valence-corrected chi connectivity index (χ0v) is 11.4. The Labute approximate surface area is 111 Å². The summed E-state index contributed by atoms with van der Waals surface area (Å²) < 4.78 is 14.0. The predicted molar refractivity (Wildman–Crippen MR) is 73.9 cm³/mol. The summed E-state index contributed by atoms with van der Waals surface area (Å²) in [5.74, 6) is -0.660. The van der Waals surface area contributed by atoms with Crippen LogP contribution < -0.4 is 10.6 Å². The van der Waals surface area contributed by atoms with E-state index in [1.54, 1.807) is 4.90 Å². The number of nitrogens with two attached hydrogens (primary N) is 1. The molecule has 0 saturated carbocycles. The van der Waals surface area contributed by atoms with E-state index in [-0.39, 0.29) is 17.1 Å². The van der Waals surface area contributed by atoms with E-state index in [4.69, 9.17) is 5.73 Å². The molecular formula is C12H19FN4O2. The smallest absolute Gasteiger partial charge is 0.274 e. The first-order chi connectivity index (χ1) is 8.86. The monoisotopic (exact) mass is 270 g/mol. The first kappa shape index (κ1) is 15.2. The molecule has 1 aromatic rings. The molecule has 0 aliphatic rings. The van der Waals surface area contributed by atoms with Crippen molar-refractivity contribution in [2.75, 3.05) is 44.4 Å². The first-order valence-electron chi connectivity index (χ1n) is 5.99. The number of anilines is 2. The Kier molecular flexibility index (Phi) is 5.05. The van der Waals surface area contributed by atoms with Gasteiger partial charge in [-0.25, -0.2) is 4.39 Å². The lowest BCUT2D eigenvalue weighted by Crippen LogP contribution is -2.32. The number of rotatable bonds is 6. The molecule has 0 aliphatic carbocycles. The predicted octanol–water partition coefficient (Wildman–Crippen LogP) is 1.70. The fourth-order valence-corrected chi connectivity index (χ4v) is 1.79. The van der Waals surface area contributed by atoms with Gasteiger partial charge in [-0.3, -0.25) is 10.1 Å². The molecule has 19 heavy (non-hydrogen) atoms. The van der Waals surface area contributed by atoms with Crippen LogP contribution in [0, 0.1) is 15.9 Å². The van der Waals surface area contributed by atoms with Crippen molar-refractivity contribution in [3.63, 3.8) is 0 Å². The van der Waals surface area contributed by atoms with E-state index in [1.807, 2.05) is 25.9 Å². The summed E-state index contributed by atoms with van der Waals surface area (Å²) in [5, 5.41) is 10.6. The number of non-ortho nitro benzene ring substituents is 1. The van der Waals surface area contributed by atoms with Gasteiger partial charge < -0.3 is 15.5 Å². The third-order valence-corrected chi connectivity index (χ3v) is 2.80.